The molecule has 0 spiro atoms. The van der Waals surface area contributed by atoms with Gasteiger partial charge >= 0.3 is 0 Å². The maximum Gasteiger partial charge on any atom is 0.290 e. The number of amides is 1. The molecule has 0 saturated heterocycles. The van der Waals surface area contributed by atoms with Crippen LogP contribution in [-0.2, 0) is 13.1 Å². The Labute approximate surface area is 111 Å². The summed E-state index contributed by atoms with van der Waals surface area (Å²) in [6.45, 7) is 0.782. The average molecular weight is 260 g/mol. The molecule has 0 unspecified atom stereocenters. The zero-order valence-electron chi connectivity index (χ0n) is 10.5. The Kier molecular flexibility index (Phi) is 3.13. The summed E-state index contributed by atoms with van der Waals surface area (Å²) in [6.07, 6.45) is 3.69. The lowest BCUT2D eigenvalue weighted by atomic mass is 10.3. The molecule has 19 heavy (non-hydrogen) atoms. The number of nitrogens with zero attached hydrogens (tertiary/aromatic N) is 1. The van der Waals surface area contributed by atoms with Gasteiger partial charge in [-0.3, -0.25) is 4.79 Å². The molecule has 1 amide bonds. The number of furan rings is 2. The van der Waals surface area contributed by atoms with Crippen LogP contribution in [0.4, 0.5) is 0 Å². The second-order valence-corrected chi connectivity index (χ2v) is 4.71. The number of carbonyl (C=O) groups is 1. The summed E-state index contributed by atoms with van der Waals surface area (Å²) in [5.74, 6) is 1.65. The summed E-state index contributed by atoms with van der Waals surface area (Å²) in [5.41, 5.74) is 5.49. The Morgan fingerprint density at radius 3 is 2.74 bits per heavy atom. The van der Waals surface area contributed by atoms with Gasteiger partial charge in [-0.15, -0.1) is 0 Å². The quantitative estimate of drug-likeness (QED) is 0.893. The van der Waals surface area contributed by atoms with Crippen LogP contribution in [0.5, 0.6) is 0 Å². The minimum atomic E-state index is -0.0985. The van der Waals surface area contributed by atoms with Crippen LogP contribution in [0.2, 0.25) is 0 Å². The van der Waals surface area contributed by atoms with Gasteiger partial charge in [0.1, 0.15) is 11.5 Å². The SMILES string of the molecule is NCc1ccc(C(=O)N(Cc2ccco2)C2CC2)o1. The molecule has 5 heteroatoms. The van der Waals surface area contributed by atoms with E-state index in [1.54, 1.807) is 23.3 Å². The van der Waals surface area contributed by atoms with E-state index < -0.39 is 0 Å². The highest BCUT2D eigenvalue weighted by atomic mass is 16.4. The largest absolute Gasteiger partial charge is 0.467 e. The second kappa shape index (κ2) is 4.93. The monoisotopic (exact) mass is 260 g/mol. The fourth-order valence-electron chi connectivity index (χ4n) is 2.07. The summed E-state index contributed by atoms with van der Waals surface area (Å²) in [5, 5.41) is 0. The Morgan fingerprint density at radius 1 is 1.32 bits per heavy atom. The second-order valence-electron chi connectivity index (χ2n) is 4.71. The Bertz CT molecular complexity index is 555. The van der Waals surface area contributed by atoms with E-state index in [0.29, 0.717) is 30.7 Å². The van der Waals surface area contributed by atoms with Crippen LogP contribution in [0.3, 0.4) is 0 Å². The van der Waals surface area contributed by atoms with Crippen molar-refractivity contribution < 1.29 is 13.6 Å². The Morgan fingerprint density at radius 2 is 2.16 bits per heavy atom. The van der Waals surface area contributed by atoms with Gasteiger partial charge in [-0.2, -0.15) is 0 Å². The van der Waals surface area contributed by atoms with Crippen molar-refractivity contribution in [2.24, 2.45) is 5.73 Å². The van der Waals surface area contributed by atoms with Crippen LogP contribution in [-0.4, -0.2) is 16.8 Å². The zero-order chi connectivity index (χ0) is 13.2. The first-order valence-electron chi connectivity index (χ1n) is 6.40. The molecule has 1 aliphatic carbocycles. The molecule has 2 aromatic rings. The van der Waals surface area contributed by atoms with Gasteiger partial charge < -0.3 is 19.5 Å². The molecule has 0 aliphatic heterocycles. The van der Waals surface area contributed by atoms with Gasteiger partial charge in [-0.05, 0) is 37.1 Å². The normalized spacial score (nSPS) is 14.6. The highest BCUT2D eigenvalue weighted by Gasteiger charge is 2.34. The third kappa shape index (κ3) is 2.56. The van der Waals surface area contributed by atoms with Crippen LogP contribution in [0.25, 0.3) is 0 Å². The molecular formula is C14H16N2O3. The summed E-state index contributed by atoms with van der Waals surface area (Å²) < 4.78 is 10.7. The Hall–Kier alpha value is -2.01. The summed E-state index contributed by atoms with van der Waals surface area (Å²) in [6, 6.07) is 7.41. The van der Waals surface area contributed by atoms with Crippen molar-refractivity contribution in [3.63, 3.8) is 0 Å². The van der Waals surface area contributed by atoms with Crippen molar-refractivity contribution >= 4 is 5.91 Å². The standard InChI is InChI=1S/C14H16N2O3/c15-8-11-5-6-13(19-11)14(17)16(10-3-4-10)9-12-2-1-7-18-12/h1-2,5-7,10H,3-4,8-9,15H2. The topological polar surface area (TPSA) is 72.6 Å². The first-order valence-corrected chi connectivity index (χ1v) is 6.40. The number of rotatable bonds is 5. The van der Waals surface area contributed by atoms with Gasteiger partial charge in [0.25, 0.3) is 5.91 Å². The minimum absolute atomic E-state index is 0.0985. The smallest absolute Gasteiger partial charge is 0.290 e. The lowest BCUT2D eigenvalue weighted by Gasteiger charge is -2.19. The van der Waals surface area contributed by atoms with E-state index in [2.05, 4.69) is 0 Å². The first-order chi connectivity index (χ1) is 9.28. The summed E-state index contributed by atoms with van der Waals surface area (Å²) >= 11 is 0. The molecule has 1 fully saturated rings. The molecular weight excluding hydrogens is 244 g/mol. The van der Waals surface area contributed by atoms with E-state index >= 15 is 0 Å². The zero-order valence-corrected chi connectivity index (χ0v) is 10.5. The van der Waals surface area contributed by atoms with Crippen LogP contribution in [0.15, 0.2) is 39.4 Å². The molecule has 2 N–H and O–H groups in total. The van der Waals surface area contributed by atoms with Crippen molar-refractivity contribution in [2.75, 3.05) is 0 Å². The predicted octanol–water partition coefficient (Wildman–Crippen LogP) is 2.14. The van der Waals surface area contributed by atoms with Gasteiger partial charge in [0.15, 0.2) is 5.76 Å². The van der Waals surface area contributed by atoms with E-state index in [4.69, 9.17) is 14.6 Å². The van der Waals surface area contributed by atoms with E-state index in [0.717, 1.165) is 18.6 Å². The minimum Gasteiger partial charge on any atom is -0.467 e. The van der Waals surface area contributed by atoms with Crippen LogP contribution < -0.4 is 5.73 Å². The third-order valence-electron chi connectivity index (χ3n) is 3.23. The fraction of sp³-hybridized carbons (Fsp3) is 0.357. The molecule has 0 atom stereocenters. The lowest BCUT2D eigenvalue weighted by molar-refractivity contribution is 0.0683. The lowest BCUT2D eigenvalue weighted by Crippen LogP contribution is -2.32. The van der Waals surface area contributed by atoms with E-state index in [9.17, 15) is 4.79 Å². The van der Waals surface area contributed by atoms with Crippen molar-refractivity contribution in [3.8, 4) is 0 Å². The third-order valence-corrected chi connectivity index (χ3v) is 3.23. The summed E-state index contributed by atoms with van der Waals surface area (Å²) in [4.78, 5) is 14.2. The summed E-state index contributed by atoms with van der Waals surface area (Å²) in [7, 11) is 0. The molecule has 0 bridgehead atoms. The molecule has 0 radical (unpaired) electrons. The van der Waals surface area contributed by atoms with Crippen LogP contribution >= 0.6 is 0 Å². The van der Waals surface area contributed by atoms with E-state index in [-0.39, 0.29) is 5.91 Å². The van der Waals surface area contributed by atoms with Crippen LogP contribution in [0.1, 0.15) is 34.9 Å². The fourth-order valence-corrected chi connectivity index (χ4v) is 2.07. The Balaban J connectivity index is 1.77. The maximum absolute atomic E-state index is 12.4. The molecule has 5 nitrogen and oxygen atoms in total. The van der Waals surface area contributed by atoms with Gasteiger partial charge in [0, 0.05) is 6.04 Å². The molecule has 1 saturated carbocycles. The van der Waals surface area contributed by atoms with E-state index in [1.165, 1.54) is 0 Å². The van der Waals surface area contributed by atoms with Crippen molar-refractivity contribution in [1.82, 2.24) is 4.90 Å². The van der Waals surface area contributed by atoms with Gasteiger partial charge in [0.05, 0.1) is 19.4 Å². The van der Waals surface area contributed by atoms with E-state index in [1.807, 2.05) is 12.1 Å². The molecule has 100 valence electrons. The van der Waals surface area contributed by atoms with Gasteiger partial charge in [0.2, 0.25) is 0 Å². The van der Waals surface area contributed by atoms with Crippen molar-refractivity contribution in [1.29, 1.82) is 0 Å². The maximum atomic E-state index is 12.4. The molecule has 2 heterocycles. The highest BCUT2D eigenvalue weighted by Crippen LogP contribution is 2.30. The first kappa shape index (κ1) is 12.0. The molecule has 0 aromatic carbocycles. The highest BCUT2D eigenvalue weighted by molar-refractivity contribution is 5.91. The number of carbonyl (C=O) groups excluding carboxylic acids is 1. The predicted molar refractivity (Wildman–Crippen MR) is 68.2 cm³/mol. The van der Waals surface area contributed by atoms with Crippen LogP contribution in [0, 0.1) is 0 Å². The molecule has 2 aromatic heterocycles. The number of hydrogen-bond donors (Lipinski definition) is 1. The number of nitrogens with two attached hydrogens (primary N) is 1. The molecule has 1 aliphatic rings. The van der Waals surface area contributed by atoms with Gasteiger partial charge in [-0.25, -0.2) is 0 Å². The van der Waals surface area contributed by atoms with Crippen molar-refractivity contribution in [2.45, 2.75) is 32.0 Å². The van der Waals surface area contributed by atoms with Crippen molar-refractivity contribution in [3.05, 3.63) is 47.8 Å². The average Bonchev–Trinajstić information content (AvgIpc) is 2.95. The number of hydrogen-bond acceptors (Lipinski definition) is 4. The molecule has 3 rings (SSSR count). The van der Waals surface area contributed by atoms with Gasteiger partial charge in [-0.1, -0.05) is 0 Å².